The number of hydrogen-bond donors (Lipinski definition) is 2. The highest BCUT2D eigenvalue weighted by Gasteiger charge is 2.47. The topological polar surface area (TPSA) is 97.7 Å². The molecule has 2 heterocycles. The molecule has 1 fully saturated rings. The number of nitrogens with one attached hydrogen (secondary N) is 2. The van der Waals surface area contributed by atoms with E-state index in [1.807, 2.05) is 80.1 Å². The minimum atomic E-state index is -0.970. The molecule has 5 rings (SSSR count). The molecule has 11 heteroatoms. The predicted octanol–water partition coefficient (Wildman–Crippen LogP) is 7.55. The monoisotopic (exact) mass is 637 g/mol. The van der Waals surface area contributed by atoms with Gasteiger partial charge in [0.15, 0.2) is 5.82 Å². The maximum Gasteiger partial charge on any atom is 0.411 e. The summed E-state index contributed by atoms with van der Waals surface area (Å²) in [6, 6.07) is 19.2. The van der Waals surface area contributed by atoms with Crippen molar-refractivity contribution < 1.29 is 19.1 Å². The van der Waals surface area contributed by atoms with E-state index >= 15 is 0 Å². The van der Waals surface area contributed by atoms with E-state index < -0.39 is 17.2 Å². The lowest BCUT2D eigenvalue weighted by Gasteiger charge is -2.35. The number of benzene rings is 3. The van der Waals surface area contributed by atoms with Crippen molar-refractivity contribution in [3.63, 3.8) is 0 Å². The first-order chi connectivity index (χ1) is 20.9. The maximum absolute atomic E-state index is 13.4. The Morgan fingerprint density at radius 2 is 1.77 bits per heavy atom. The lowest BCUT2D eigenvalue weighted by molar-refractivity contribution is -0.131. The van der Waals surface area contributed by atoms with Gasteiger partial charge in [-0.3, -0.25) is 14.4 Å². The summed E-state index contributed by atoms with van der Waals surface area (Å²) in [5, 5.41) is 12.9. The molecular weight excluding hydrogens is 601 g/mol. The molecule has 4 aromatic rings. The van der Waals surface area contributed by atoms with E-state index in [0.717, 1.165) is 28.5 Å². The van der Waals surface area contributed by atoms with Crippen molar-refractivity contribution >= 4 is 57.6 Å². The van der Waals surface area contributed by atoms with Gasteiger partial charge in [-0.05, 0) is 75.9 Å². The Morgan fingerprint density at radius 1 is 1.05 bits per heavy atom. The summed E-state index contributed by atoms with van der Waals surface area (Å²) < 4.78 is 13.1. The van der Waals surface area contributed by atoms with Crippen LogP contribution in [0.15, 0.2) is 60.7 Å². The molecule has 3 aromatic carbocycles. The fourth-order valence-corrected chi connectivity index (χ4v) is 5.84. The van der Waals surface area contributed by atoms with Crippen molar-refractivity contribution in [2.45, 2.75) is 64.8 Å². The first kappa shape index (κ1) is 31.5. The number of likely N-dealkylation sites (tertiary alicyclic amines) is 1. The standard InChI is InChI=1S/C33H37Cl2N5O4/c1-32(2,3)44-31(42)39-17-9-16-33(39,4)30(41)36-19-21-10-6-11-22(18-21)20-40-25-14-8-15-26(43-5)27(25)29(38-40)37-24-13-7-12-23(34)28(24)35/h6-8,10-15,18H,9,16-17,19-20H2,1-5H3,(H,36,41)(H,37,38)/t33-/m0/s1. The lowest BCUT2D eigenvalue weighted by atomic mass is 9.97. The number of hydrogen-bond acceptors (Lipinski definition) is 6. The number of rotatable bonds is 8. The third-order valence-electron chi connectivity index (χ3n) is 7.69. The summed E-state index contributed by atoms with van der Waals surface area (Å²) in [7, 11) is 1.62. The number of anilines is 2. The van der Waals surface area contributed by atoms with Crippen molar-refractivity contribution in [3.8, 4) is 5.75 Å². The minimum Gasteiger partial charge on any atom is -0.496 e. The maximum atomic E-state index is 13.4. The van der Waals surface area contributed by atoms with Gasteiger partial charge < -0.3 is 20.1 Å². The van der Waals surface area contributed by atoms with Crippen LogP contribution >= 0.6 is 23.2 Å². The molecule has 0 spiro atoms. The molecule has 1 aliphatic rings. The van der Waals surface area contributed by atoms with Crippen LogP contribution < -0.4 is 15.4 Å². The number of methoxy groups -OCH3 is 1. The van der Waals surface area contributed by atoms with Gasteiger partial charge in [-0.2, -0.15) is 5.10 Å². The molecule has 2 N–H and O–H groups in total. The molecule has 0 bridgehead atoms. The van der Waals surface area contributed by atoms with E-state index in [4.69, 9.17) is 37.8 Å². The predicted molar refractivity (Wildman–Crippen MR) is 174 cm³/mol. The quantitative estimate of drug-likeness (QED) is 0.207. The zero-order valence-corrected chi connectivity index (χ0v) is 27.1. The Kier molecular flexibility index (Phi) is 9.00. The average Bonchev–Trinajstić information content (AvgIpc) is 3.54. The summed E-state index contributed by atoms with van der Waals surface area (Å²) in [5.74, 6) is 1.06. The number of halogens is 2. The first-order valence-electron chi connectivity index (χ1n) is 14.5. The largest absolute Gasteiger partial charge is 0.496 e. The molecule has 9 nitrogen and oxygen atoms in total. The van der Waals surface area contributed by atoms with Crippen LogP contribution in [-0.4, -0.2) is 51.5 Å². The van der Waals surface area contributed by atoms with E-state index in [9.17, 15) is 9.59 Å². The SMILES string of the molecule is COc1cccc2c1c(Nc1cccc(Cl)c1Cl)nn2Cc1cccc(CNC(=O)[C@]2(C)CCCN2C(=O)OC(C)(C)C)c1. The fourth-order valence-electron chi connectivity index (χ4n) is 5.50. The second kappa shape index (κ2) is 12.6. The van der Waals surface area contributed by atoms with Gasteiger partial charge >= 0.3 is 6.09 Å². The van der Waals surface area contributed by atoms with Crippen molar-refractivity contribution in [2.24, 2.45) is 0 Å². The highest BCUT2D eigenvalue weighted by Crippen LogP contribution is 2.37. The summed E-state index contributed by atoms with van der Waals surface area (Å²) in [6.07, 6.45) is 0.844. The van der Waals surface area contributed by atoms with Crippen molar-refractivity contribution in [2.75, 3.05) is 19.0 Å². The molecule has 0 unspecified atom stereocenters. The summed E-state index contributed by atoms with van der Waals surface area (Å²) in [5.41, 5.74) is 1.83. The zero-order valence-electron chi connectivity index (χ0n) is 25.5. The van der Waals surface area contributed by atoms with Crippen LogP contribution in [0.5, 0.6) is 5.75 Å². The van der Waals surface area contributed by atoms with Crippen LogP contribution in [0.1, 0.15) is 51.7 Å². The average molecular weight is 639 g/mol. The Hall–Kier alpha value is -3.95. The van der Waals surface area contributed by atoms with Crippen LogP contribution in [-0.2, 0) is 22.6 Å². The van der Waals surface area contributed by atoms with Crippen molar-refractivity contribution in [1.29, 1.82) is 0 Å². The molecular formula is C33H37Cl2N5O4. The fraction of sp³-hybridized carbons (Fsp3) is 0.364. The normalized spacial score (nSPS) is 16.7. The van der Waals surface area contributed by atoms with Crippen molar-refractivity contribution in [1.82, 2.24) is 20.0 Å². The number of ether oxygens (including phenoxy) is 2. The second-order valence-corrected chi connectivity index (χ2v) is 12.9. The van der Waals surface area contributed by atoms with Crippen LogP contribution in [0.2, 0.25) is 10.0 Å². The lowest BCUT2D eigenvalue weighted by Crippen LogP contribution is -2.56. The van der Waals surface area contributed by atoms with Gasteiger partial charge in [0.25, 0.3) is 0 Å². The van der Waals surface area contributed by atoms with Crippen LogP contribution in [0.3, 0.4) is 0 Å². The molecule has 1 aliphatic heterocycles. The van der Waals surface area contributed by atoms with Gasteiger partial charge in [0.1, 0.15) is 16.9 Å². The van der Waals surface area contributed by atoms with E-state index in [-0.39, 0.29) is 5.91 Å². The summed E-state index contributed by atoms with van der Waals surface area (Å²) in [6.45, 7) is 8.53. The van der Waals surface area contributed by atoms with Crippen LogP contribution in [0, 0.1) is 0 Å². The van der Waals surface area contributed by atoms with Gasteiger partial charge in [-0.25, -0.2) is 4.79 Å². The summed E-state index contributed by atoms with van der Waals surface area (Å²) in [4.78, 5) is 27.8. The van der Waals surface area contributed by atoms with E-state index in [1.54, 1.807) is 25.0 Å². The van der Waals surface area contributed by atoms with E-state index in [0.29, 0.717) is 53.4 Å². The number of carbonyl (C=O) groups excluding carboxylic acids is 2. The molecule has 1 aromatic heterocycles. The molecule has 2 amide bonds. The molecule has 44 heavy (non-hydrogen) atoms. The minimum absolute atomic E-state index is 0.202. The third-order valence-corrected chi connectivity index (χ3v) is 8.50. The second-order valence-electron chi connectivity index (χ2n) is 12.1. The molecule has 232 valence electrons. The zero-order chi connectivity index (χ0) is 31.6. The number of carbonyl (C=O) groups is 2. The number of nitrogens with zero attached hydrogens (tertiary/aromatic N) is 3. The van der Waals surface area contributed by atoms with Gasteiger partial charge in [0.2, 0.25) is 5.91 Å². The van der Waals surface area contributed by atoms with Crippen LogP contribution in [0.25, 0.3) is 10.9 Å². The summed E-state index contributed by atoms with van der Waals surface area (Å²) >= 11 is 12.7. The molecule has 1 saturated heterocycles. The number of amides is 2. The third kappa shape index (κ3) is 6.59. The van der Waals surface area contributed by atoms with Crippen molar-refractivity contribution in [3.05, 3.63) is 81.8 Å². The Labute approximate surface area is 267 Å². The van der Waals surface area contributed by atoms with Gasteiger partial charge in [-0.1, -0.05) is 59.6 Å². The molecule has 1 atom stereocenters. The number of fused-ring (bicyclic) bond motifs is 1. The first-order valence-corrected chi connectivity index (χ1v) is 15.3. The molecule has 0 saturated carbocycles. The number of aromatic nitrogens is 2. The highest BCUT2D eigenvalue weighted by atomic mass is 35.5. The Morgan fingerprint density at radius 3 is 2.52 bits per heavy atom. The Bertz CT molecular complexity index is 1700. The Balaban J connectivity index is 1.34. The smallest absolute Gasteiger partial charge is 0.411 e. The van der Waals surface area contributed by atoms with Gasteiger partial charge in [0, 0.05) is 13.1 Å². The van der Waals surface area contributed by atoms with E-state index in [2.05, 4.69) is 10.6 Å². The van der Waals surface area contributed by atoms with Crippen LogP contribution in [0.4, 0.5) is 16.3 Å². The molecule has 0 radical (unpaired) electrons. The van der Waals surface area contributed by atoms with Gasteiger partial charge in [-0.15, -0.1) is 0 Å². The van der Waals surface area contributed by atoms with Gasteiger partial charge in [0.05, 0.1) is 40.3 Å². The highest BCUT2D eigenvalue weighted by molar-refractivity contribution is 6.43. The van der Waals surface area contributed by atoms with E-state index in [1.165, 1.54) is 0 Å². The molecule has 0 aliphatic carbocycles.